The summed E-state index contributed by atoms with van der Waals surface area (Å²) in [5.41, 5.74) is 4.74. The molecule has 3 nitrogen and oxygen atoms in total. The summed E-state index contributed by atoms with van der Waals surface area (Å²) in [5.74, 6) is 0.784. The Morgan fingerprint density at radius 2 is 1.95 bits per heavy atom. The van der Waals surface area contributed by atoms with Gasteiger partial charge in [0.2, 0.25) is 0 Å². The van der Waals surface area contributed by atoms with E-state index in [1.807, 2.05) is 28.8 Å². The van der Waals surface area contributed by atoms with E-state index < -0.39 is 0 Å². The summed E-state index contributed by atoms with van der Waals surface area (Å²) < 4.78 is 2.89. The Kier molecular flexibility index (Phi) is 3.18. The fourth-order valence-electron chi connectivity index (χ4n) is 2.25. The number of fused-ring (bicyclic) bond motifs is 1. The zero-order chi connectivity index (χ0) is 14.3. The van der Waals surface area contributed by atoms with Gasteiger partial charge in [0.15, 0.2) is 6.29 Å². The van der Waals surface area contributed by atoms with Crippen molar-refractivity contribution in [1.29, 1.82) is 0 Å². The molecule has 3 aromatic rings. The van der Waals surface area contributed by atoms with E-state index in [0.29, 0.717) is 5.69 Å². The number of pyridine rings is 1. The molecule has 2 aromatic heterocycles. The summed E-state index contributed by atoms with van der Waals surface area (Å²) in [4.78, 5) is 15.6. The van der Waals surface area contributed by atoms with Crippen molar-refractivity contribution >= 4 is 27.7 Å². The number of nitrogens with zero attached hydrogens (tertiary/aromatic N) is 2. The van der Waals surface area contributed by atoms with E-state index in [1.54, 1.807) is 0 Å². The fourth-order valence-corrected chi connectivity index (χ4v) is 2.59. The van der Waals surface area contributed by atoms with E-state index in [1.165, 1.54) is 11.1 Å². The van der Waals surface area contributed by atoms with Crippen LogP contribution in [0.4, 0.5) is 0 Å². The Morgan fingerprint density at radius 3 is 2.65 bits per heavy atom. The molecule has 1 aromatic carbocycles. The van der Waals surface area contributed by atoms with Crippen molar-refractivity contribution in [2.45, 2.75) is 13.8 Å². The minimum atomic E-state index is 0.464. The monoisotopic (exact) mass is 328 g/mol. The Morgan fingerprint density at radius 1 is 1.15 bits per heavy atom. The predicted octanol–water partition coefficient (Wildman–Crippen LogP) is 4.19. The van der Waals surface area contributed by atoms with Crippen molar-refractivity contribution in [2.75, 3.05) is 0 Å². The normalized spacial score (nSPS) is 10.9. The number of carbonyl (C=O) groups excluding carboxylic acids is 1. The highest BCUT2D eigenvalue weighted by Gasteiger charge is 2.12. The van der Waals surface area contributed by atoms with Gasteiger partial charge in [0, 0.05) is 16.2 Å². The molecule has 0 aliphatic rings. The summed E-state index contributed by atoms with van der Waals surface area (Å²) in [6, 6.07) is 10.0. The van der Waals surface area contributed by atoms with E-state index >= 15 is 0 Å². The van der Waals surface area contributed by atoms with Crippen LogP contribution in [-0.4, -0.2) is 15.7 Å². The van der Waals surface area contributed by atoms with Gasteiger partial charge in [-0.2, -0.15) is 0 Å². The number of hydrogen-bond acceptors (Lipinski definition) is 2. The first-order valence-corrected chi connectivity index (χ1v) is 7.10. The zero-order valence-electron chi connectivity index (χ0n) is 11.2. The molecule has 2 heterocycles. The minimum absolute atomic E-state index is 0.464. The number of aromatic nitrogens is 2. The van der Waals surface area contributed by atoms with Gasteiger partial charge in [0.05, 0.1) is 5.52 Å². The van der Waals surface area contributed by atoms with Crippen LogP contribution in [-0.2, 0) is 0 Å². The molecule has 0 bridgehead atoms. The smallest absolute Gasteiger partial charge is 0.170 e. The van der Waals surface area contributed by atoms with Crippen LogP contribution < -0.4 is 0 Å². The Bertz CT molecular complexity index is 821. The average molecular weight is 329 g/mol. The summed E-state index contributed by atoms with van der Waals surface area (Å²) >= 11 is 3.46. The molecule has 0 amide bonds. The maximum absolute atomic E-state index is 11.2. The van der Waals surface area contributed by atoms with Crippen LogP contribution in [0.5, 0.6) is 0 Å². The minimum Gasteiger partial charge on any atom is -0.298 e. The zero-order valence-corrected chi connectivity index (χ0v) is 12.8. The van der Waals surface area contributed by atoms with Crippen molar-refractivity contribution in [1.82, 2.24) is 9.38 Å². The highest BCUT2D eigenvalue weighted by molar-refractivity contribution is 9.10. The molecule has 0 saturated carbocycles. The van der Waals surface area contributed by atoms with Gasteiger partial charge >= 0.3 is 0 Å². The lowest BCUT2D eigenvalue weighted by molar-refractivity contribution is 0.112. The fraction of sp³-hybridized carbons (Fsp3) is 0.125. The molecule has 0 fully saturated rings. The van der Waals surface area contributed by atoms with Gasteiger partial charge in [0.25, 0.3) is 0 Å². The molecule has 0 spiro atoms. The number of aldehydes is 1. The van der Waals surface area contributed by atoms with Crippen molar-refractivity contribution in [3.8, 4) is 11.4 Å². The van der Waals surface area contributed by atoms with E-state index in [0.717, 1.165) is 27.7 Å². The van der Waals surface area contributed by atoms with Crippen LogP contribution >= 0.6 is 15.9 Å². The lowest BCUT2D eigenvalue weighted by Crippen LogP contribution is -1.90. The summed E-state index contributed by atoms with van der Waals surface area (Å²) in [7, 11) is 0. The molecule has 0 atom stereocenters. The second-order valence-corrected chi connectivity index (χ2v) is 5.76. The van der Waals surface area contributed by atoms with Crippen molar-refractivity contribution < 1.29 is 4.79 Å². The van der Waals surface area contributed by atoms with Crippen molar-refractivity contribution in [2.24, 2.45) is 0 Å². The van der Waals surface area contributed by atoms with Gasteiger partial charge < -0.3 is 0 Å². The summed E-state index contributed by atoms with van der Waals surface area (Å²) in [5, 5.41) is 0. The number of halogens is 1. The molecule has 20 heavy (non-hydrogen) atoms. The van der Waals surface area contributed by atoms with Gasteiger partial charge in [-0.15, -0.1) is 0 Å². The molecule has 0 aliphatic carbocycles. The molecular weight excluding hydrogens is 316 g/mol. The van der Waals surface area contributed by atoms with Crippen LogP contribution in [0, 0.1) is 13.8 Å². The molecule has 0 radical (unpaired) electrons. The first-order chi connectivity index (χ1) is 9.60. The SMILES string of the molecule is Cc1ccc(-c2nc(C=O)c3ccc(Br)cn23)cc1C. The standard InChI is InChI=1S/C16H13BrN2O/c1-10-3-4-12(7-11(10)2)16-18-14(9-20)15-6-5-13(17)8-19(15)16/h3-9H,1-2H3. The lowest BCUT2D eigenvalue weighted by atomic mass is 10.1. The third-order valence-corrected chi connectivity index (χ3v) is 3.98. The van der Waals surface area contributed by atoms with Gasteiger partial charge in [-0.1, -0.05) is 12.1 Å². The van der Waals surface area contributed by atoms with Gasteiger partial charge in [-0.3, -0.25) is 9.20 Å². The Balaban J connectivity index is 2.32. The molecule has 4 heteroatoms. The average Bonchev–Trinajstić information content (AvgIpc) is 2.79. The van der Waals surface area contributed by atoms with Crippen molar-refractivity contribution in [3.63, 3.8) is 0 Å². The number of aryl methyl sites for hydroxylation is 2. The van der Waals surface area contributed by atoms with E-state index in [4.69, 9.17) is 0 Å². The van der Waals surface area contributed by atoms with Gasteiger partial charge in [-0.05, 0) is 59.1 Å². The quantitative estimate of drug-likeness (QED) is 0.661. The topological polar surface area (TPSA) is 34.4 Å². The molecule has 0 aliphatic heterocycles. The number of rotatable bonds is 2. The third-order valence-electron chi connectivity index (χ3n) is 3.51. The van der Waals surface area contributed by atoms with E-state index in [9.17, 15) is 4.79 Å². The lowest BCUT2D eigenvalue weighted by Gasteiger charge is -2.05. The highest BCUT2D eigenvalue weighted by Crippen LogP contribution is 2.25. The molecule has 3 rings (SSSR count). The van der Waals surface area contributed by atoms with Crippen LogP contribution in [0.2, 0.25) is 0 Å². The van der Waals surface area contributed by atoms with Crippen LogP contribution in [0.25, 0.3) is 16.9 Å². The number of hydrogen-bond donors (Lipinski definition) is 0. The maximum atomic E-state index is 11.2. The molecule has 0 unspecified atom stereocenters. The van der Waals surface area contributed by atoms with Crippen LogP contribution in [0.3, 0.4) is 0 Å². The van der Waals surface area contributed by atoms with Gasteiger partial charge in [-0.25, -0.2) is 4.98 Å². The Hall–Kier alpha value is -1.94. The maximum Gasteiger partial charge on any atom is 0.170 e. The summed E-state index contributed by atoms with van der Waals surface area (Å²) in [6.07, 6.45) is 2.73. The second-order valence-electron chi connectivity index (χ2n) is 4.84. The first kappa shape index (κ1) is 13.1. The van der Waals surface area contributed by atoms with Crippen molar-refractivity contribution in [3.05, 3.63) is 57.8 Å². The van der Waals surface area contributed by atoms with Crippen LogP contribution in [0.15, 0.2) is 41.0 Å². The summed E-state index contributed by atoms with van der Waals surface area (Å²) in [6.45, 7) is 4.15. The highest BCUT2D eigenvalue weighted by atomic mass is 79.9. The predicted molar refractivity (Wildman–Crippen MR) is 83.2 cm³/mol. The third kappa shape index (κ3) is 2.06. The number of benzene rings is 1. The first-order valence-electron chi connectivity index (χ1n) is 6.30. The van der Waals surface area contributed by atoms with E-state index in [-0.39, 0.29) is 0 Å². The molecular formula is C16H13BrN2O. The van der Waals surface area contributed by atoms with Crippen LogP contribution in [0.1, 0.15) is 21.6 Å². The molecule has 0 saturated heterocycles. The van der Waals surface area contributed by atoms with Gasteiger partial charge in [0.1, 0.15) is 11.5 Å². The molecule has 0 N–H and O–H groups in total. The number of imidazole rings is 1. The number of carbonyl (C=O) groups is 1. The molecule has 100 valence electrons. The second kappa shape index (κ2) is 4.87. The largest absolute Gasteiger partial charge is 0.298 e. The van der Waals surface area contributed by atoms with E-state index in [2.05, 4.69) is 46.9 Å². The Labute approximate surface area is 125 Å².